The number of thiazole rings is 2. The molecule has 4 rings (SSSR count). The third-order valence-electron chi connectivity index (χ3n) is 2.79. The molecule has 2 heterocycles. The summed E-state index contributed by atoms with van der Waals surface area (Å²) >= 11 is 2.52. The number of para-hydroxylation sites is 2. The van der Waals surface area contributed by atoms with E-state index < -0.39 is 16.5 Å². The monoisotopic (exact) mass is 593 g/mol. The van der Waals surface area contributed by atoms with E-state index in [4.69, 9.17) is 30.5 Å². The minimum absolute atomic E-state index is 0.472. The number of rotatable bonds is 2. The van der Waals surface area contributed by atoms with Crippen LogP contribution in [0.25, 0.3) is 31.3 Å². The number of nitrogens with zero attached hydrogens (tertiary/aromatic N) is 4. The molecule has 0 saturated heterocycles. The van der Waals surface area contributed by atoms with Crippen molar-refractivity contribution < 1.29 is 16.5 Å². The first-order valence-corrected chi connectivity index (χ1v) is 13.8. The summed E-state index contributed by atoms with van der Waals surface area (Å²) in [5.74, 6) is 10.2. The van der Waals surface area contributed by atoms with Crippen molar-refractivity contribution in [2.24, 2.45) is 11.7 Å². The molecular formula is C14H12Cl2N6PtS2. The molecule has 0 aliphatic carbocycles. The molecule has 4 aromatic rings. The van der Waals surface area contributed by atoms with Gasteiger partial charge in [-0.05, 0) is 23.2 Å². The van der Waals surface area contributed by atoms with Crippen LogP contribution in [0.5, 0.6) is 0 Å². The fourth-order valence-corrected chi connectivity index (χ4v) is 3.35. The van der Waals surface area contributed by atoms with Crippen LogP contribution in [0.4, 0.5) is 10.3 Å². The SMILES string of the molecule is N[N-]c1nc2ccccc2s1.N[N-]c1nc2ccccc2s1.[Cl][Pt+2][Cl]. The molecule has 2 aromatic carbocycles. The molecule has 0 atom stereocenters. The van der Waals surface area contributed by atoms with Crippen molar-refractivity contribution in [3.05, 3.63) is 59.4 Å². The Morgan fingerprint density at radius 3 is 1.44 bits per heavy atom. The zero-order valence-electron chi connectivity index (χ0n) is 12.5. The Morgan fingerprint density at radius 2 is 1.12 bits per heavy atom. The van der Waals surface area contributed by atoms with Gasteiger partial charge in [0.15, 0.2) is 0 Å². The van der Waals surface area contributed by atoms with Crippen LogP contribution in [0.15, 0.2) is 48.5 Å². The molecule has 0 aliphatic rings. The Balaban J connectivity index is 0.000000156. The summed E-state index contributed by atoms with van der Waals surface area (Å²) in [5.41, 5.74) is 8.95. The van der Waals surface area contributed by atoms with Crippen LogP contribution < -0.4 is 11.7 Å². The van der Waals surface area contributed by atoms with Gasteiger partial charge in [0.25, 0.3) is 0 Å². The van der Waals surface area contributed by atoms with Gasteiger partial charge in [0.05, 0.1) is 0 Å². The van der Waals surface area contributed by atoms with E-state index in [0.717, 1.165) is 20.4 Å². The Bertz CT molecular complexity index is 776. The molecule has 0 saturated carbocycles. The van der Waals surface area contributed by atoms with Crippen molar-refractivity contribution in [3.63, 3.8) is 0 Å². The number of halogens is 2. The molecule has 11 heteroatoms. The summed E-state index contributed by atoms with van der Waals surface area (Å²) in [6.45, 7) is 0. The maximum atomic E-state index is 5.09. The molecule has 0 aliphatic heterocycles. The van der Waals surface area contributed by atoms with Crippen molar-refractivity contribution in [2.75, 3.05) is 0 Å². The van der Waals surface area contributed by atoms with Crippen LogP contribution >= 0.6 is 41.5 Å². The predicted octanol–water partition coefficient (Wildman–Crippen LogP) is 5.73. The Kier molecular flexibility index (Phi) is 8.84. The Labute approximate surface area is 168 Å². The fraction of sp³-hybridized carbons (Fsp3) is 0. The molecule has 0 spiro atoms. The third kappa shape index (κ3) is 6.04. The van der Waals surface area contributed by atoms with E-state index in [2.05, 4.69) is 20.8 Å². The van der Waals surface area contributed by atoms with Crippen LogP contribution in [0, 0.1) is 0 Å². The topological polar surface area (TPSA) is 106 Å². The molecule has 2 aromatic heterocycles. The van der Waals surface area contributed by atoms with Gasteiger partial charge in [0.2, 0.25) is 0 Å². The van der Waals surface area contributed by atoms with Crippen LogP contribution in [-0.2, 0) is 16.5 Å². The summed E-state index contributed by atoms with van der Waals surface area (Å²) in [6.07, 6.45) is 0. The van der Waals surface area contributed by atoms with Crippen molar-refractivity contribution in [2.45, 2.75) is 0 Å². The van der Waals surface area contributed by atoms with E-state index in [9.17, 15) is 0 Å². The average molecular weight is 594 g/mol. The Morgan fingerprint density at radius 1 is 0.760 bits per heavy atom. The predicted molar refractivity (Wildman–Crippen MR) is 105 cm³/mol. The van der Waals surface area contributed by atoms with Gasteiger partial charge >= 0.3 is 35.3 Å². The molecule has 25 heavy (non-hydrogen) atoms. The molecule has 0 amide bonds. The first kappa shape index (κ1) is 20.3. The third-order valence-corrected chi connectivity index (χ3v) is 4.67. The van der Waals surface area contributed by atoms with Crippen molar-refractivity contribution >= 4 is 72.2 Å². The maximum absolute atomic E-state index is 5.09. The normalized spacial score (nSPS) is 9.92. The van der Waals surface area contributed by atoms with Gasteiger partial charge in [-0.25, -0.2) is 0 Å². The van der Waals surface area contributed by atoms with Gasteiger partial charge < -0.3 is 32.5 Å². The van der Waals surface area contributed by atoms with E-state index in [-0.39, 0.29) is 0 Å². The van der Waals surface area contributed by atoms with Crippen molar-refractivity contribution in [1.82, 2.24) is 9.97 Å². The zero-order valence-corrected chi connectivity index (χ0v) is 17.9. The molecule has 6 nitrogen and oxygen atoms in total. The van der Waals surface area contributed by atoms with E-state index in [1.807, 2.05) is 48.5 Å². The van der Waals surface area contributed by atoms with Crippen LogP contribution in [0.3, 0.4) is 0 Å². The fourth-order valence-electron chi connectivity index (χ4n) is 1.83. The van der Waals surface area contributed by atoms with Gasteiger partial charge in [-0.15, -0.1) is 22.7 Å². The number of hydrogen-bond acceptors (Lipinski definition) is 6. The van der Waals surface area contributed by atoms with Crippen molar-refractivity contribution in [3.8, 4) is 0 Å². The number of nitrogens with two attached hydrogens (primary N) is 2. The molecule has 0 radical (unpaired) electrons. The molecule has 4 N–H and O–H groups in total. The van der Waals surface area contributed by atoms with Gasteiger partial charge in [0.1, 0.15) is 0 Å². The van der Waals surface area contributed by atoms with E-state index in [1.54, 1.807) is 0 Å². The number of aromatic nitrogens is 2. The number of benzene rings is 2. The van der Waals surface area contributed by atoms with Crippen molar-refractivity contribution in [1.29, 1.82) is 0 Å². The summed E-state index contributed by atoms with van der Waals surface area (Å²) in [7, 11) is 9.75. The van der Waals surface area contributed by atoms with Crippen LogP contribution in [0.2, 0.25) is 0 Å². The zero-order chi connectivity index (χ0) is 18.1. The molecule has 0 unspecified atom stereocenters. The van der Waals surface area contributed by atoms with Gasteiger partial charge in [-0.1, -0.05) is 36.4 Å². The average Bonchev–Trinajstić information content (AvgIpc) is 3.26. The van der Waals surface area contributed by atoms with Gasteiger partial charge in [-0.3, -0.25) is 0 Å². The summed E-state index contributed by atoms with van der Waals surface area (Å²) in [4.78, 5) is 8.32. The second-order valence-corrected chi connectivity index (χ2v) is 9.53. The number of fused-ring (bicyclic) bond motifs is 2. The molecule has 0 fully saturated rings. The van der Waals surface area contributed by atoms with Crippen LogP contribution in [0.1, 0.15) is 0 Å². The van der Waals surface area contributed by atoms with E-state index >= 15 is 0 Å². The van der Waals surface area contributed by atoms with E-state index in [1.165, 1.54) is 22.7 Å². The number of hydrogen-bond donors (Lipinski definition) is 2. The molecule has 0 bridgehead atoms. The first-order chi connectivity index (χ1) is 12.2. The summed E-state index contributed by atoms with van der Waals surface area (Å²) < 4.78 is 2.24. The summed E-state index contributed by atoms with van der Waals surface area (Å²) in [6, 6.07) is 15.7. The summed E-state index contributed by atoms with van der Waals surface area (Å²) in [5, 5.41) is 1.26. The molecule has 134 valence electrons. The van der Waals surface area contributed by atoms with E-state index in [0.29, 0.717) is 10.3 Å². The van der Waals surface area contributed by atoms with Gasteiger partial charge in [-0.2, -0.15) is 0 Å². The Hall–Kier alpha value is -0.992. The first-order valence-electron chi connectivity index (χ1n) is 6.57. The second-order valence-electron chi connectivity index (χ2n) is 4.23. The quantitative estimate of drug-likeness (QED) is 0.229. The van der Waals surface area contributed by atoms with Gasteiger partial charge in [0, 0.05) is 19.7 Å². The second kappa shape index (κ2) is 10.9. The molecular weight excluding hydrogens is 582 g/mol. The minimum atomic E-state index is -0.472. The van der Waals surface area contributed by atoms with Crippen LogP contribution in [-0.4, -0.2) is 9.97 Å². The standard InChI is InChI=1S/2C7H6N3S.2ClH.Pt/c2*8-10-7-9-5-3-1-2-4-6(5)11-7;;;/h2*1-4H,8H2;2*1H;/q2*-1;;;+4/p-2.